The molecule has 1 aromatic carbocycles. The maximum absolute atomic E-state index is 13.3. The molecule has 1 aliphatic heterocycles. The number of halogens is 1. The molecule has 1 aromatic rings. The van der Waals surface area contributed by atoms with Crippen LogP contribution < -0.4 is 10.6 Å². The van der Waals surface area contributed by atoms with E-state index in [-0.39, 0.29) is 11.7 Å². The third-order valence-corrected chi connectivity index (χ3v) is 3.84. The number of aromatic hydroxyl groups is 1. The topological polar surface area (TPSA) is 77.0 Å². The Labute approximate surface area is 141 Å². The van der Waals surface area contributed by atoms with Gasteiger partial charge in [-0.05, 0) is 37.5 Å². The number of hydrogen-bond acceptors (Lipinski definition) is 3. The number of hydrogen-bond donors (Lipinski definition) is 3. The highest BCUT2D eigenvalue weighted by Crippen LogP contribution is 2.16. The van der Waals surface area contributed by atoms with E-state index >= 15 is 0 Å². The largest absolute Gasteiger partial charge is 0.505 e. The molecule has 0 radical (unpaired) electrons. The molecule has 132 valence electrons. The van der Waals surface area contributed by atoms with Crippen molar-refractivity contribution in [2.45, 2.75) is 32.7 Å². The fourth-order valence-electron chi connectivity index (χ4n) is 2.58. The monoisotopic (exact) mass is 336 g/mol. The standard InChI is InChI=1S/C17H25FN4O2/c1-2-19-17(20-8-4-10-22-9-3-5-16(22)24)21-12-13-6-7-15(23)14(18)11-13/h6-7,11,23H,2-5,8-10,12H2,1H3,(H2,19,20,21). The summed E-state index contributed by atoms with van der Waals surface area (Å²) >= 11 is 0. The van der Waals surface area contributed by atoms with Crippen LogP contribution in [0.4, 0.5) is 4.39 Å². The molecule has 1 fully saturated rings. The molecule has 0 atom stereocenters. The molecule has 1 amide bonds. The van der Waals surface area contributed by atoms with Crippen molar-refractivity contribution in [2.75, 3.05) is 26.2 Å². The Morgan fingerprint density at radius 1 is 1.42 bits per heavy atom. The number of guanidine groups is 1. The van der Waals surface area contributed by atoms with Gasteiger partial charge in [0.15, 0.2) is 17.5 Å². The van der Waals surface area contributed by atoms with E-state index in [1.807, 2.05) is 11.8 Å². The van der Waals surface area contributed by atoms with Crippen molar-refractivity contribution in [3.05, 3.63) is 29.6 Å². The fraction of sp³-hybridized carbons (Fsp3) is 0.529. The summed E-state index contributed by atoms with van der Waals surface area (Å²) in [7, 11) is 0. The lowest BCUT2D eigenvalue weighted by atomic mass is 10.2. The Kier molecular flexibility index (Phi) is 6.84. The van der Waals surface area contributed by atoms with Gasteiger partial charge < -0.3 is 20.6 Å². The summed E-state index contributed by atoms with van der Waals surface area (Å²) in [6.45, 7) is 5.34. The van der Waals surface area contributed by atoms with Crippen LogP contribution in [-0.2, 0) is 11.3 Å². The molecule has 24 heavy (non-hydrogen) atoms. The molecule has 0 saturated carbocycles. The van der Waals surface area contributed by atoms with Crippen molar-refractivity contribution in [1.82, 2.24) is 15.5 Å². The van der Waals surface area contributed by atoms with E-state index < -0.39 is 5.82 Å². The molecule has 2 rings (SSSR count). The molecule has 6 nitrogen and oxygen atoms in total. The second-order valence-electron chi connectivity index (χ2n) is 5.75. The Balaban J connectivity index is 1.79. The summed E-state index contributed by atoms with van der Waals surface area (Å²) in [5, 5.41) is 15.5. The Morgan fingerprint density at radius 3 is 2.92 bits per heavy atom. The average Bonchev–Trinajstić information content (AvgIpc) is 2.97. The zero-order valence-corrected chi connectivity index (χ0v) is 14.0. The first-order valence-corrected chi connectivity index (χ1v) is 8.37. The van der Waals surface area contributed by atoms with Crippen LogP contribution in [0.2, 0.25) is 0 Å². The van der Waals surface area contributed by atoms with Crippen molar-refractivity contribution in [3.63, 3.8) is 0 Å². The summed E-state index contributed by atoms with van der Waals surface area (Å²) in [4.78, 5) is 17.8. The molecule has 0 aromatic heterocycles. The lowest BCUT2D eigenvalue weighted by Gasteiger charge is -2.16. The van der Waals surface area contributed by atoms with Gasteiger partial charge in [-0.25, -0.2) is 9.38 Å². The Bertz CT molecular complexity index is 592. The van der Waals surface area contributed by atoms with E-state index in [4.69, 9.17) is 0 Å². The van der Waals surface area contributed by atoms with E-state index in [0.717, 1.165) is 32.5 Å². The first kappa shape index (κ1) is 18.0. The average molecular weight is 336 g/mol. The molecule has 3 N–H and O–H groups in total. The van der Waals surface area contributed by atoms with Gasteiger partial charge >= 0.3 is 0 Å². The van der Waals surface area contributed by atoms with Crippen LogP contribution in [0.25, 0.3) is 0 Å². The molecule has 0 aliphatic carbocycles. The highest BCUT2D eigenvalue weighted by Gasteiger charge is 2.18. The van der Waals surface area contributed by atoms with E-state index in [1.54, 1.807) is 6.07 Å². The molecular weight excluding hydrogens is 311 g/mol. The van der Waals surface area contributed by atoms with Gasteiger partial charge in [-0.3, -0.25) is 4.79 Å². The number of benzene rings is 1. The van der Waals surface area contributed by atoms with Crippen molar-refractivity contribution < 1.29 is 14.3 Å². The number of carbonyl (C=O) groups is 1. The molecule has 0 unspecified atom stereocenters. The third kappa shape index (κ3) is 5.40. The van der Waals surface area contributed by atoms with Gasteiger partial charge in [-0.15, -0.1) is 0 Å². The minimum absolute atomic E-state index is 0.241. The molecule has 0 spiro atoms. The maximum atomic E-state index is 13.3. The first-order valence-electron chi connectivity index (χ1n) is 8.37. The minimum Gasteiger partial charge on any atom is -0.505 e. The zero-order valence-electron chi connectivity index (χ0n) is 14.0. The smallest absolute Gasteiger partial charge is 0.222 e. The molecule has 1 aliphatic rings. The van der Waals surface area contributed by atoms with Crippen molar-refractivity contribution >= 4 is 11.9 Å². The van der Waals surface area contributed by atoms with Gasteiger partial charge in [0, 0.05) is 32.6 Å². The second kappa shape index (κ2) is 9.10. The molecular formula is C17H25FN4O2. The minimum atomic E-state index is -0.643. The highest BCUT2D eigenvalue weighted by molar-refractivity contribution is 5.79. The molecule has 0 bridgehead atoms. The number of phenols is 1. The number of amides is 1. The van der Waals surface area contributed by atoms with Gasteiger partial charge in [0.25, 0.3) is 0 Å². The molecule has 1 heterocycles. The summed E-state index contributed by atoms with van der Waals surface area (Å²) in [6, 6.07) is 4.25. The predicted octanol–water partition coefficient (Wildman–Crippen LogP) is 1.60. The zero-order chi connectivity index (χ0) is 17.4. The molecule has 7 heteroatoms. The van der Waals surface area contributed by atoms with Gasteiger partial charge in [0.2, 0.25) is 5.91 Å². The summed E-state index contributed by atoms with van der Waals surface area (Å²) in [5.74, 6) is -0.108. The van der Waals surface area contributed by atoms with Gasteiger partial charge in [-0.1, -0.05) is 6.07 Å². The lowest BCUT2D eigenvalue weighted by molar-refractivity contribution is -0.127. The lowest BCUT2D eigenvalue weighted by Crippen LogP contribution is -2.39. The first-order chi connectivity index (χ1) is 11.6. The third-order valence-electron chi connectivity index (χ3n) is 3.84. The van der Waals surface area contributed by atoms with Gasteiger partial charge in [0.1, 0.15) is 0 Å². The van der Waals surface area contributed by atoms with E-state index in [0.29, 0.717) is 31.0 Å². The predicted molar refractivity (Wildman–Crippen MR) is 91.3 cm³/mol. The molecule has 1 saturated heterocycles. The number of likely N-dealkylation sites (tertiary alicyclic amines) is 1. The summed E-state index contributed by atoms with van der Waals surface area (Å²) in [6.07, 6.45) is 2.48. The number of rotatable bonds is 7. The summed E-state index contributed by atoms with van der Waals surface area (Å²) in [5.41, 5.74) is 0.685. The Hall–Kier alpha value is -2.31. The van der Waals surface area contributed by atoms with Crippen LogP contribution >= 0.6 is 0 Å². The van der Waals surface area contributed by atoms with E-state index in [9.17, 15) is 14.3 Å². The number of phenolic OH excluding ortho intramolecular Hbond substituents is 1. The van der Waals surface area contributed by atoms with Crippen LogP contribution in [0.5, 0.6) is 5.75 Å². The normalized spacial score (nSPS) is 15.0. The fourth-order valence-corrected chi connectivity index (χ4v) is 2.58. The van der Waals surface area contributed by atoms with Crippen LogP contribution in [0.1, 0.15) is 31.7 Å². The number of nitrogens with zero attached hydrogens (tertiary/aromatic N) is 2. The van der Waals surface area contributed by atoms with Gasteiger partial charge in [-0.2, -0.15) is 0 Å². The van der Waals surface area contributed by atoms with Crippen molar-refractivity contribution in [3.8, 4) is 5.75 Å². The van der Waals surface area contributed by atoms with Crippen LogP contribution in [0.3, 0.4) is 0 Å². The SMILES string of the molecule is CCNC(=NCc1ccc(O)c(F)c1)NCCCN1CCCC1=O. The van der Waals surface area contributed by atoms with Crippen LogP contribution in [0.15, 0.2) is 23.2 Å². The maximum Gasteiger partial charge on any atom is 0.222 e. The van der Waals surface area contributed by atoms with Crippen LogP contribution in [0, 0.1) is 5.82 Å². The van der Waals surface area contributed by atoms with E-state index in [2.05, 4.69) is 15.6 Å². The summed E-state index contributed by atoms with van der Waals surface area (Å²) < 4.78 is 13.3. The highest BCUT2D eigenvalue weighted by atomic mass is 19.1. The second-order valence-corrected chi connectivity index (χ2v) is 5.75. The number of aliphatic imine (C=N–C) groups is 1. The number of carbonyl (C=O) groups excluding carboxylic acids is 1. The Morgan fingerprint density at radius 2 is 2.25 bits per heavy atom. The quantitative estimate of drug-likeness (QED) is 0.402. The van der Waals surface area contributed by atoms with Crippen LogP contribution in [-0.4, -0.2) is 48.1 Å². The van der Waals surface area contributed by atoms with Crippen molar-refractivity contribution in [2.24, 2.45) is 4.99 Å². The van der Waals surface area contributed by atoms with Crippen molar-refractivity contribution in [1.29, 1.82) is 0 Å². The van der Waals surface area contributed by atoms with E-state index in [1.165, 1.54) is 12.1 Å². The number of nitrogens with one attached hydrogen (secondary N) is 2. The van der Waals surface area contributed by atoms with Gasteiger partial charge in [0.05, 0.1) is 6.54 Å².